The zero-order valence-corrected chi connectivity index (χ0v) is 14.5. The Morgan fingerprint density at radius 3 is 2.50 bits per heavy atom. The van der Waals surface area contributed by atoms with Crippen LogP contribution in [0.15, 0.2) is 27.6 Å². The SMILES string of the molecule is NCC(NS(=O)(=O)c1cc(Br)cc(C(N)=O)c1)C1CCCC1. The molecule has 0 aromatic heterocycles. The molecule has 0 radical (unpaired) electrons. The maximum absolute atomic E-state index is 12.5. The molecule has 0 aliphatic heterocycles. The number of benzene rings is 1. The second-order valence-electron chi connectivity index (χ2n) is 5.55. The van der Waals surface area contributed by atoms with Gasteiger partial charge in [-0.15, -0.1) is 0 Å². The summed E-state index contributed by atoms with van der Waals surface area (Å²) in [7, 11) is -3.76. The second kappa shape index (κ2) is 7.08. The van der Waals surface area contributed by atoms with Crippen molar-refractivity contribution in [3.05, 3.63) is 28.2 Å². The Morgan fingerprint density at radius 1 is 1.32 bits per heavy atom. The molecule has 1 fully saturated rings. The summed E-state index contributed by atoms with van der Waals surface area (Å²) in [5.74, 6) is -0.411. The van der Waals surface area contributed by atoms with Gasteiger partial charge in [0.25, 0.3) is 0 Å². The molecule has 1 unspecified atom stereocenters. The van der Waals surface area contributed by atoms with Crippen molar-refractivity contribution in [2.75, 3.05) is 6.54 Å². The van der Waals surface area contributed by atoms with E-state index >= 15 is 0 Å². The molecule has 0 heterocycles. The number of hydrogen-bond donors (Lipinski definition) is 3. The molecule has 22 heavy (non-hydrogen) atoms. The molecular weight excluding hydrogens is 370 g/mol. The molecule has 1 aliphatic carbocycles. The van der Waals surface area contributed by atoms with Gasteiger partial charge in [0.1, 0.15) is 0 Å². The molecule has 1 saturated carbocycles. The van der Waals surface area contributed by atoms with Gasteiger partial charge in [-0.05, 0) is 37.0 Å². The molecule has 2 rings (SSSR count). The molecule has 5 N–H and O–H groups in total. The number of carbonyl (C=O) groups is 1. The molecular formula is C14H20BrN3O3S. The van der Waals surface area contributed by atoms with Gasteiger partial charge < -0.3 is 11.5 Å². The highest BCUT2D eigenvalue weighted by atomic mass is 79.9. The third-order valence-electron chi connectivity index (χ3n) is 4.00. The predicted octanol–water partition coefficient (Wildman–Crippen LogP) is 1.34. The lowest BCUT2D eigenvalue weighted by Crippen LogP contribution is -2.44. The van der Waals surface area contributed by atoms with Gasteiger partial charge in [-0.3, -0.25) is 4.79 Å². The lowest BCUT2D eigenvalue weighted by atomic mass is 9.99. The Morgan fingerprint density at radius 2 is 1.95 bits per heavy atom. The van der Waals surface area contributed by atoms with Crippen molar-refractivity contribution in [1.82, 2.24) is 4.72 Å². The Labute approximate surface area is 138 Å². The summed E-state index contributed by atoms with van der Waals surface area (Å²) in [5.41, 5.74) is 11.1. The van der Waals surface area contributed by atoms with Crippen LogP contribution in [-0.2, 0) is 10.0 Å². The van der Waals surface area contributed by atoms with Crippen molar-refractivity contribution in [2.24, 2.45) is 17.4 Å². The van der Waals surface area contributed by atoms with Crippen LogP contribution < -0.4 is 16.2 Å². The van der Waals surface area contributed by atoms with Gasteiger partial charge in [-0.25, -0.2) is 13.1 Å². The fraction of sp³-hybridized carbons (Fsp3) is 0.500. The van der Waals surface area contributed by atoms with E-state index in [1.165, 1.54) is 18.2 Å². The van der Waals surface area contributed by atoms with Crippen LogP contribution in [0.3, 0.4) is 0 Å². The number of hydrogen-bond acceptors (Lipinski definition) is 4. The summed E-state index contributed by atoms with van der Waals surface area (Å²) in [5, 5.41) is 0. The molecule has 0 saturated heterocycles. The van der Waals surface area contributed by atoms with E-state index < -0.39 is 15.9 Å². The van der Waals surface area contributed by atoms with Crippen LogP contribution in [0, 0.1) is 5.92 Å². The Bertz CT molecular complexity index is 657. The van der Waals surface area contributed by atoms with Crippen LogP contribution in [0.2, 0.25) is 0 Å². The number of rotatable bonds is 6. The largest absolute Gasteiger partial charge is 0.366 e. The number of primary amides is 1. The van der Waals surface area contributed by atoms with Crippen molar-refractivity contribution in [2.45, 2.75) is 36.6 Å². The minimum absolute atomic E-state index is 0.00659. The van der Waals surface area contributed by atoms with Crippen LogP contribution in [0.5, 0.6) is 0 Å². The molecule has 6 nitrogen and oxygen atoms in total. The van der Waals surface area contributed by atoms with Gasteiger partial charge in [0, 0.05) is 22.6 Å². The maximum Gasteiger partial charge on any atom is 0.248 e. The third kappa shape index (κ3) is 4.07. The minimum Gasteiger partial charge on any atom is -0.366 e. The van der Waals surface area contributed by atoms with E-state index in [-0.39, 0.29) is 29.0 Å². The zero-order chi connectivity index (χ0) is 16.3. The Hall–Kier alpha value is -0.960. The number of amides is 1. The van der Waals surface area contributed by atoms with E-state index in [1.54, 1.807) is 0 Å². The van der Waals surface area contributed by atoms with Crippen molar-refractivity contribution in [3.63, 3.8) is 0 Å². The molecule has 1 amide bonds. The summed E-state index contributed by atoms with van der Waals surface area (Å²) in [6.45, 7) is 0.251. The second-order valence-corrected chi connectivity index (χ2v) is 8.18. The first kappa shape index (κ1) is 17.4. The van der Waals surface area contributed by atoms with Gasteiger partial charge in [-0.1, -0.05) is 28.8 Å². The van der Waals surface area contributed by atoms with Crippen LogP contribution in [-0.4, -0.2) is 26.9 Å². The van der Waals surface area contributed by atoms with Crippen LogP contribution in [0.25, 0.3) is 0 Å². The van der Waals surface area contributed by atoms with Gasteiger partial charge in [-0.2, -0.15) is 0 Å². The van der Waals surface area contributed by atoms with E-state index in [9.17, 15) is 13.2 Å². The van der Waals surface area contributed by atoms with E-state index in [4.69, 9.17) is 11.5 Å². The molecule has 0 bridgehead atoms. The lowest BCUT2D eigenvalue weighted by Gasteiger charge is -2.23. The van der Waals surface area contributed by atoms with Gasteiger partial charge in [0.2, 0.25) is 15.9 Å². The zero-order valence-electron chi connectivity index (χ0n) is 12.1. The van der Waals surface area contributed by atoms with E-state index in [1.807, 2.05) is 0 Å². The quantitative estimate of drug-likeness (QED) is 0.680. The summed E-state index contributed by atoms with van der Waals surface area (Å²) < 4.78 is 28.2. The highest BCUT2D eigenvalue weighted by molar-refractivity contribution is 9.10. The predicted molar refractivity (Wildman–Crippen MR) is 87.8 cm³/mol. The number of nitrogens with two attached hydrogens (primary N) is 2. The smallest absolute Gasteiger partial charge is 0.248 e. The maximum atomic E-state index is 12.5. The minimum atomic E-state index is -3.76. The van der Waals surface area contributed by atoms with Gasteiger partial charge >= 0.3 is 0 Å². The summed E-state index contributed by atoms with van der Waals surface area (Å²) >= 11 is 3.20. The number of halogens is 1. The first-order valence-electron chi connectivity index (χ1n) is 7.16. The average molecular weight is 390 g/mol. The molecule has 0 spiro atoms. The summed E-state index contributed by atoms with van der Waals surface area (Å²) in [6.07, 6.45) is 4.17. The molecule has 1 aromatic rings. The molecule has 122 valence electrons. The number of sulfonamides is 1. The molecule has 1 aromatic carbocycles. The number of nitrogens with one attached hydrogen (secondary N) is 1. The van der Waals surface area contributed by atoms with E-state index in [0.29, 0.717) is 4.47 Å². The highest BCUT2D eigenvalue weighted by Gasteiger charge is 2.28. The topological polar surface area (TPSA) is 115 Å². The Kier molecular flexibility index (Phi) is 5.60. The fourth-order valence-electron chi connectivity index (χ4n) is 2.82. The van der Waals surface area contributed by atoms with Crippen molar-refractivity contribution in [3.8, 4) is 0 Å². The molecule has 8 heteroatoms. The lowest BCUT2D eigenvalue weighted by molar-refractivity contribution is 0.1000. The van der Waals surface area contributed by atoms with Crippen molar-refractivity contribution < 1.29 is 13.2 Å². The Balaban J connectivity index is 2.27. The average Bonchev–Trinajstić information content (AvgIpc) is 2.98. The number of carbonyl (C=O) groups excluding carboxylic acids is 1. The van der Waals surface area contributed by atoms with Crippen LogP contribution >= 0.6 is 15.9 Å². The van der Waals surface area contributed by atoms with Gasteiger partial charge in [0.05, 0.1) is 4.90 Å². The monoisotopic (exact) mass is 389 g/mol. The normalized spacial score (nSPS) is 17.5. The van der Waals surface area contributed by atoms with Crippen LogP contribution in [0.4, 0.5) is 0 Å². The molecule has 1 aliphatic rings. The van der Waals surface area contributed by atoms with E-state index in [0.717, 1.165) is 25.7 Å². The first-order chi connectivity index (χ1) is 10.3. The summed E-state index contributed by atoms with van der Waals surface area (Å²) in [6, 6.07) is 3.91. The highest BCUT2D eigenvalue weighted by Crippen LogP contribution is 2.28. The van der Waals surface area contributed by atoms with Gasteiger partial charge in [0.15, 0.2) is 0 Å². The van der Waals surface area contributed by atoms with E-state index in [2.05, 4.69) is 20.7 Å². The summed E-state index contributed by atoms with van der Waals surface area (Å²) in [4.78, 5) is 11.3. The van der Waals surface area contributed by atoms with Crippen molar-refractivity contribution in [1.29, 1.82) is 0 Å². The standard InChI is InChI=1S/C14H20BrN3O3S/c15-11-5-10(14(17)19)6-12(7-11)22(20,21)18-13(8-16)9-3-1-2-4-9/h5-7,9,13,18H,1-4,8,16H2,(H2,17,19). The third-order valence-corrected chi connectivity index (χ3v) is 5.92. The first-order valence-corrected chi connectivity index (χ1v) is 9.44. The molecule has 1 atom stereocenters. The fourth-order valence-corrected chi connectivity index (χ4v) is 4.86. The van der Waals surface area contributed by atoms with Crippen LogP contribution in [0.1, 0.15) is 36.0 Å². The van der Waals surface area contributed by atoms with Crippen molar-refractivity contribution >= 4 is 31.9 Å².